The van der Waals surface area contributed by atoms with Crippen molar-refractivity contribution in [2.45, 2.75) is 6.92 Å². The van der Waals surface area contributed by atoms with Gasteiger partial charge in [0.15, 0.2) is 12.3 Å². The summed E-state index contributed by atoms with van der Waals surface area (Å²) in [7, 11) is 0. The highest BCUT2D eigenvalue weighted by Crippen LogP contribution is 2.27. The van der Waals surface area contributed by atoms with Gasteiger partial charge in [0.2, 0.25) is 5.95 Å². The van der Waals surface area contributed by atoms with E-state index in [0.29, 0.717) is 33.1 Å². The fourth-order valence-corrected chi connectivity index (χ4v) is 3.61. The lowest BCUT2D eigenvalue weighted by Gasteiger charge is -2.27. The van der Waals surface area contributed by atoms with Gasteiger partial charge in [-0.3, -0.25) is 4.79 Å². The molecular formula is C20H20Cl2N6O2. The maximum absolute atomic E-state index is 12.3. The number of ether oxygens (including phenoxy) is 1. The average Bonchev–Trinajstić information content (AvgIpc) is 2.74. The van der Waals surface area contributed by atoms with E-state index in [-0.39, 0.29) is 12.5 Å². The first kappa shape index (κ1) is 20.6. The molecule has 4 rings (SSSR count). The first-order chi connectivity index (χ1) is 14.5. The predicted molar refractivity (Wildman–Crippen MR) is 118 cm³/mol. The van der Waals surface area contributed by atoms with Gasteiger partial charge in [0, 0.05) is 36.6 Å². The van der Waals surface area contributed by atoms with Crippen LogP contribution in [-0.4, -0.2) is 53.6 Å². The van der Waals surface area contributed by atoms with Gasteiger partial charge in [-0.2, -0.15) is 4.98 Å². The van der Waals surface area contributed by atoms with Crippen molar-refractivity contribution in [3.05, 3.63) is 46.2 Å². The molecule has 1 amide bonds. The van der Waals surface area contributed by atoms with Gasteiger partial charge >= 0.3 is 0 Å². The summed E-state index contributed by atoms with van der Waals surface area (Å²) in [6, 6.07) is 6.63. The Morgan fingerprint density at radius 3 is 2.80 bits per heavy atom. The summed E-state index contributed by atoms with van der Waals surface area (Å²) in [6.07, 6.45) is 1.57. The second-order valence-electron chi connectivity index (χ2n) is 6.85. The maximum atomic E-state index is 12.3. The molecule has 1 aliphatic rings. The number of aryl methyl sites for hydroxylation is 1. The van der Waals surface area contributed by atoms with Gasteiger partial charge in [-0.05, 0) is 31.2 Å². The molecule has 10 heteroatoms. The number of hydrogen-bond donors (Lipinski definition) is 2. The van der Waals surface area contributed by atoms with E-state index in [1.165, 1.54) is 0 Å². The Labute approximate surface area is 183 Å². The molecule has 0 spiro atoms. The van der Waals surface area contributed by atoms with Crippen molar-refractivity contribution in [1.82, 2.24) is 20.3 Å². The standard InChI is InChI=1S/C20H20Cl2N6O2/c1-12-15-9-14(26-18(29)11-30-17-3-2-13(21)8-16(17)22)10-24-19(15)27-20(25-12)28-6-4-23-5-7-28/h2-3,8-10,23H,4-7,11H2,1H3,(H,26,29). The number of amides is 1. The van der Waals surface area contributed by atoms with E-state index >= 15 is 0 Å². The Hall–Kier alpha value is -2.68. The van der Waals surface area contributed by atoms with Crippen molar-refractivity contribution in [2.24, 2.45) is 0 Å². The van der Waals surface area contributed by atoms with E-state index in [4.69, 9.17) is 27.9 Å². The highest BCUT2D eigenvalue weighted by Gasteiger charge is 2.16. The van der Waals surface area contributed by atoms with E-state index in [1.807, 2.05) is 13.0 Å². The molecule has 0 unspecified atom stereocenters. The SMILES string of the molecule is Cc1nc(N2CCNCC2)nc2ncc(NC(=O)COc3ccc(Cl)cc3Cl)cc12. The molecular weight excluding hydrogens is 427 g/mol. The summed E-state index contributed by atoms with van der Waals surface area (Å²) in [5.41, 5.74) is 1.94. The van der Waals surface area contributed by atoms with Crippen LogP contribution in [0.3, 0.4) is 0 Å². The fraction of sp³-hybridized carbons (Fsp3) is 0.300. The molecule has 0 aliphatic carbocycles. The third-order valence-corrected chi connectivity index (χ3v) is 5.20. The van der Waals surface area contributed by atoms with Crippen molar-refractivity contribution in [2.75, 3.05) is 43.0 Å². The number of fused-ring (bicyclic) bond motifs is 1. The number of halogens is 2. The largest absolute Gasteiger partial charge is 0.482 e. The summed E-state index contributed by atoms with van der Waals surface area (Å²) in [5.74, 6) is 0.731. The Balaban J connectivity index is 1.45. The highest BCUT2D eigenvalue weighted by atomic mass is 35.5. The number of nitrogens with zero attached hydrogens (tertiary/aromatic N) is 4. The number of aromatic nitrogens is 3. The van der Waals surface area contributed by atoms with Crippen molar-refractivity contribution < 1.29 is 9.53 Å². The molecule has 3 heterocycles. The van der Waals surface area contributed by atoms with E-state index < -0.39 is 0 Å². The van der Waals surface area contributed by atoms with Gasteiger partial charge in [0.05, 0.1) is 22.6 Å². The van der Waals surface area contributed by atoms with Crippen LogP contribution < -0.4 is 20.3 Å². The molecule has 8 nitrogen and oxygen atoms in total. The minimum absolute atomic E-state index is 0.198. The van der Waals surface area contributed by atoms with Crippen LogP contribution in [0.2, 0.25) is 10.0 Å². The van der Waals surface area contributed by atoms with Crippen LogP contribution >= 0.6 is 23.2 Å². The van der Waals surface area contributed by atoms with E-state index in [0.717, 1.165) is 37.3 Å². The summed E-state index contributed by atoms with van der Waals surface area (Å²) in [4.78, 5) is 28.0. The molecule has 1 fully saturated rings. The van der Waals surface area contributed by atoms with E-state index in [2.05, 4.69) is 30.5 Å². The number of pyridine rings is 1. The van der Waals surface area contributed by atoms with Gasteiger partial charge in [-0.25, -0.2) is 9.97 Å². The Bertz CT molecular complexity index is 1090. The summed E-state index contributed by atoms with van der Waals surface area (Å²) >= 11 is 11.9. The van der Waals surface area contributed by atoms with Crippen molar-refractivity contribution in [3.8, 4) is 5.75 Å². The van der Waals surface area contributed by atoms with Gasteiger partial charge in [0.25, 0.3) is 5.91 Å². The minimum Gasteiger partial charge on any atom is -0.482 e. The Morgan fingerprint density at radius 1 is 1.23 bits per heavy atom. The molecule has 2 N–H and O–H groups in total. The third kappa shape index (κ3) is 4.72. The maximum Gasteiger partial charge on any atom is 0.262 e. The number of rotatable bonds is 5. The first-order valence-electron chi connectivity index (χ1n) is 9.47. The van der Waals surface area contributed by atoms with E-state index in [9.17, 15) is 4.79 Å². The number of carbonyl (C=O) groups is 1. The first-order valence-corrected chi connectivity index (χ1v) is 10.2. The zero-order chi connectivity index (χ0) is 21.1. The molecule has 1 saturated heterocycles. The van der Waals surface area contributed by atoms with Crippen LogP contribution in [0.1, 0.15) is 5.69 Å². The van der Waals surface area contributed by atoms with Crippen LogP contribution in [0.5, 0.6) is 5.75 Å². The molecule has 1 aliphatic heterocycles. The van der Waals surface area contributed by atoms with Crippen molar-refractivity contribution >= 4 is 51.8 Å². The number of carbonyl (C=O) groups excluding carboxylic acids is 1. The minimum atomic E-state index is -0.335. The average molecular weight is 447 g/mol. The van der Waals surface area contributed by atoms with Crippen LogP contribution in [-0.2, 0) is 4.79 Å². The van der Waals surface area contributed by atoms with Gasteiger partial charge in [0.1, 0.15) is 5.75 Å². The second kappa shape index (κ2) is 8.99. The molecule has 0 saturated carbocycles. The molecule has 1 aromatic carbocycles. The van der Waals surface area contributed by atoms with E-state index in [1.54, 1.807) is 24.4 Å². The second-order valence-corrected chi connectivity index (χ2v) is 7.70. The Kier molecular flexibility index (Phi) is 6.17. The molecule has 3 aromatic rings. The molecule has 0 bridgehead atoms. The zero-order valence-corrected chi connectivity index (χ0v) is 17.8. The smallest absolute Gasteiger partial charge is 0.262 e. The lowest BCUT2D eigenvalue weighted by molar-refractivity contribution is -0.118. The number of nitrogens with one attached hydrogen (secondary N) is 2. The number of anilines is 2. The fourth-order valence-electron chi connectivity index (χ4n) is 3.15. The summed E-state index contributed by atoms with van der Waals surface area (Å²) in [5, 5.41) is 7.71. The molecule has 0 atom stereocenters. The summed E-state index contributed by atoms with van der Waals surface area (Å²) < 4.78 is 5.46. The van der Waals surface area contributed by atoms with Gasteiger partial charge in [-0.1, -0.05) is 23.2 Å². The number of hydrogen-bond acceptors (Lipinski definition) is 7. The quantitative estimate of drug-likeness (QED) is 0.621. The molecule has 2 aromatic heterocycles. The highest BCUT2D eigenvalue weighted by molar-refractivity contribution is 6.35. The molecule has 156 valence electrons. The van der Waals surface area contributed by atoms with Crippen LogP contribution in [0, 0.1) is 6.92 Å². The predicted octanol–water partition coefficient (Wildman–Crippen LogP) is 3.07. The monoisotopic (exact) mass is 446 g/mol. The van der Waals surface area contributed by atoms with Crippen molar-refractivity contribution in [3.63, 3.8) is 0 Å². The van der Waals surface area contributed by atoms with Crippen LogP contribution in [0.15, 0.2) is 30.5 Å². The Morgan fingerprint density at radius 2 is 2.03 bits per heavy atom. The van der Waals surface area contributed by atoms with Gasteiger partial charge < -0.3 is 20.3 Å². The number of benzene rings is 1. The third-order valence-electron chi connectivity index (χ3n) is 4.67. The number of piperazine rings is 1. The van der Waals surface area contributed by atoms with Gasteiger partial charge in [-0.15, -0.1) is 0 Å². The lowest BCUT2D eigenvalue weighted by atomic mass is 10.2. The molecule has 30 heavy (non-hydrogen) atoms. The van der Waals surface area contributed by atoms with Crippen molar-refractivity contribution in [1.29, 1.82) is 0 Å². The van der Waals surface area contributed by atoms with Crippen LogP contribution in [0.25, 0.3) is 11.0 Å². The topological polar surface area (TPSA) is 92.3 Å². The normalized spacial score (nSPS) is 14.0. The zero-order valence-electron chi connectivity index (χ0n) is 16.3. The lowest BCUT2D eigenvalue weighted by Crippen LogP contribution is -2.44. The summed E-state index contributed by atoms with van der Waals surface area (Å²) in [6.45, 7) is 5.24. The van der Waals surface area contributed by atoms with Crippen LogP contribution in [0.4, 0.5) is 11.6 Å². The molecule has 0 radical (unpaired) electrons.